The van der Waals surface area contributed by atoms with E-state index < -0.39 is 0 Å². The summed E-state index contributed by atoms with van der Waals surface area (Å²) in [7, 11) is 0. The van der Waals surface area contributed by atoms with E-state index in [-0.39, 0.29) is 6.04 Å². The van der Waals surface area contributed by atoms with E-state index in [0.717, 1.165) is 24.0 Å². The van der Waals surface area contributed by atoms with Crippen molar-refractivity contribution in [1.82, 2.24) is 4.90 Å². The molecule has 0 fully saturated rings. The molecule has 2 N–H and O–H groups in total. The molecule has 96 valence electrons. The van der Waals surface area contributed by atoms with Crippen LogP contribution in [0.1, 0.15) is 38.8 Å². The van der Waals surface area contributed by atoms with Crippen LogP contribution >= 0.6 is 15.9 Å². The fraction of sp³-hybridized carbons (Fsp3) is 0.571. The van der Waals surface area contributed by atoms with Gasteiger partial charge in [0.15, 0.2) is 0 Å². The maximum Gasteiger partial charge on any atom is 0.0496 e. The second-order valence-electron chi connectivity index (χ2n) is 4.48. The third-order valence-corrected chi connectivity index (χ3v) is 3.55. The zero-order valence-corrected chi connectivity index (χ0v) is 12.6. The van der Waals surface area contributed by atoms with Gasteiger partial charge in [0.25, 0.3) is 0 Å². The van der Waals surface area contributed by atoms with Gasteiger partial charge in [-0.25, -0.2) is 0 Å². The first-order chi connectivity index (χ1) is 8.10. The summed E-state index contributed by atoms with van der Waals surface area (Å²) >= 11 is 3.47. The molecule has 3 heteroatoms. The molecule has 0 heterocycles. The Bertz CT molecular complexity index is 321. The molecule has 0 saturated carbocycles. The van der Waals surface area contributed by atoms with E-state index in [1.165, 1.54) is 5.56 Å². The summed E-state index contributed by atoms with van der Waals surface area (Å²) in [5.41, 5.74) is 7.46. The quantitative estimate of drug-likeness (QED) is 0.870. The van der Waals surface area contributed by atoms with E-state index in [0.29, 0.717) is 6.04 Å². The lowest BCUT2D eigenvalue weighted by molar-refractivity contribution is 0.186. The van der Waals surface area contributed by atoms with Crippen LogP contribution in [0.3, 0.4) is 0 Å². The molecule has 0 aliphatic carbocycles. The van der Waals surface area contributed by atoms with Gasteiger partial charge in [0.2, 0.25) is 0 Å². The average Bonchev–Trinajstić information content (AvgIpc) is 2.30. The minimum Gasteiger partial charge on any atom is -0.326 e. The van der Waals surface area contributed by atoms with Crippen molar-refractivity contribution in [3.8, 4) is 0 Å². The molecule has 0 aliphatic rings. The molecular weight excluding hydrogens is 276 g/mol. The van der Waals surface area contributed by atoms with E-state index in [2.05, 4.69) is 65.9 Å². The normalized spacial score (nSPS) is 14.9. The van der Waals surface area contributed by atoms with E-state index >= 15 is 0 Å². The molecule has 17 heavy (non-hydrogen) atoms. The number of rotatable bonds is 6. The summed E-state index contributed by atoms with van der Waals surface area (Å²) in [6.07, 6.45) is 1.16. The fourth-order valence-electron chi connectivity index (χ4n) is 2.29. The van der Waals surface area contributed by atoms with Crippen LogP contribution in [-0.4, -0.2) is 24.0 Å². The van der Waals surface area contributed by atoms with Crippen LogP contribution in [0.25, 0.3) is 0 Å². The van der Waals surface area contributed by atoms with Gasteiger partial charge < -0.3 is 5.73 Å². The molecule has 2 nitrogen and oxygen atoms in total. The van der Waals surface area contributed by atoms with Crippen molar-refractivity contribution in [3.05, 3.63) is 34.3 Å². The smallest absolute Gasteiger partial charge is 0.0496 e. The maximum absolute atomic E-state index is 6.16. The molecule has 0 bridgehead atoms. The molecule has 2 atom stereocenters. The van der Waals surface area contributed by atoms with Crippen LogP contribution in [-0.2, 0) is 0 Å². The molecule has 1 aromatic carbocycles. The van der Waals surface area contributed by atoms with Gasteiger partial charge in [0.05, 0.1) is 0 Å². The van der Waals surface area contributed by atoms with Crippen molar-refractivity contribution in [2.45, 2.75) is 39.3 Å². The molecule has 1 rings (SSSR count). The highest BCUT2D eigenvalue weighted by Gasteiger charge is 2.22. The van der Waals surface area contributed by atoms with Crippen LogP contribution in [0.4, 0.5) is 0 Å². The largest absolute Gasteiger partial charge is 0.326 e. The molecule has 0 radical (unpaired) electrons. The van der Waals surface area contributed by atoms with Crippen molar-refractivity contribution in [1.29, 1.82) is 0 Å². The minimum absolute atomic E-state index is 0.141. The number of nitrogens with two attached hydrogens (primary N) is 1. The lowest BCUT2D eigenvalue weighted by Crippen LogP contribution is -2.39. The van der Waals surface area contributed by atoms with Crippen LogP contribution in [0.2, 0.25) is 0 Å². The molecule has 0 saturated heterocycles. The van der Waals surface area contributed by atoms with Crippen molar-refractivity contribution >= 4 is 15.9 Å². The monoisotopic (exact) mass is 298 g/mol. The lowest BCUT2D eigenvalue weighted by Gasteiger charge is -2.33. The number of nitrogens with zero attached hydrogens (tertiary/aromatic N) is 1. The molecule has 0 aliphatic heterocycles. The molecule has 0 spiro atoms. The molecule has 1 aromatic rings. The number of hydrogen-bond acceptors (Lipinski definition) is 2. The van der Waals surface area contributed by atoms with E-state index in [1.54, 1.807) is 0 Å². The van der Waals surface area contributed by atoms with Crippen LogP contribution in [0.15, 0.2) is 28.7 Å². The number of halogens is 1. The van der Waals surface area contributed by atoms with Gasteiger partial charge in [-0.2, -0.15) is 0 Å². The van der Waals surface area contributed by atoms with Gasteiger partial charge >= 0.3 is 0 Å². The first kappa shape index (κ1) is 14.7. The minimum atomic E-state index is 0.141. The standard InChI is InChI=1S/C14H23BrN2/c1-4-10-17(5-2)14(11(3)16)12-6-8-13(15)9-7-12/h6-9,11,14H,4-5,10,16H2,1-3H3. The second-order valence-corrected chi connectivity index (χ2v) is 5.40. The van der Waals surface area contributed by atoms with Gasteiger partial charge in [-0.15, -0.1) is 0 Å². The van der Waals surface area contributed by atoms with E-state index in [9.17, 15) is 0 Å². The highest BCUT2D eigenvalue weighted by molar-refractivity contribution is 9.10. The van der Waals surface area contributed by atoms with Gasteiger partial charge in [0.1, 0.15) is 0 Å². The Morgan fingerprint density at radius 2 is 1.82 bits per heavy atom. The van der Waals surface area contributed by atoms with Crippen molar-refractivity contribution in [2.24, 2.45) is 5.73 Å². The first-order valence-corrected chi connectivity index (χ1v) is 7.14. The van der Waals surface area contributed by atoms with Crippen molar-refractivity contribution in [3.63, 3.8) is 0 Å². The Kier molecular flexibility index (Phi) is 6.17. The molecule has 0 aromatic heterocycles. The van der Waals surface area contributed by atoms with Gasteiger partial charge in [0, 0.05) is 16.6 Å². The number of likely N-dealkylation sites (N-methyl/N-ethyl adjacent to an activating group) is 1. The predicted octanol–water partition coefficient (Wildman–Crippen LogP) is 3.57. The predicted molar refractivity (Wildman–Crippen MR) is 78.1 cm³/mol. The Morgan fingerprint density at radius 3 is 2.24 bits per heavy atom. The molecular formula is C14H23BrN2. The molecule has 2 unspecified atom stereocenters. The topological polar surface area (TPSA) is 29.3 Å². The van der Waals surface area contributed by atoms with Crippen LogP contribution in [0.5, 0.6) is 0 Å². The van der Waals surface area contributed by atoms with Crippen molar-refractivity contribution in [2.75, 3.05) is 13.1 Å². The summed E-state index contributed by atoms with van der Waals surface area (Å²) in [6.45, 7) is 8.63. The van der Waals surface area contributed by atoms with Gasteiger partial charge in [-0.05, 0) is 44.1 Å². The lowest BCUT2D eigenvalue weighted by atomic mass is 9.99. The summed E-state index contributed by atoms with van der Waals surface area (Å²) in [5.74, 6) is 0. The van der Waals surface area contributed by atoms with Crippen LogP contribution < -0.4 is 5.73 Å². The highest BCUT2D eigenvalue weighted by atomic mass is 79.9. The number of benzene rings is 1. The van der Waals surface area contributed by atoms with Crippen molar-refractivity contribution < 1.29 is 0 Å². The van der Waals surface area contributed by atoms with Gasteiger partial charge in [-0.1, -0.05) is 41.9 Å². The maximum atomic E-state index is 6.16. The van der Waals surface area contributed by atoms with E-state index in [4.69, 9.17) is 5.73 Å². The second kappa shape index (κ2) is 7.14. The third kappa shape index (κ3) is 4.09. The number of hydrogen-bond donors (Lipinski definition) is 1. The summed E-state index contributed by atoms with van der Waals surface area (Å²) in [6, 6.07) is 8.96. The fourth-order valence-corrected chi connectivity index (χ4v) is 2.55. The van der Waals surface area contributed by atoms with Crippen LogP contribution in [0, 0.1) is 0 Å². The zero-order chi connectivity index (χ0) is 12.8. The zero-order valence-electron chi connectivity index (χ0n) is 11.0. The first-order valence-electron chi connectivity index (χ1n) is 6.35. The SMILES string of the molecule is CCCN(CC)C(c1ccc(Br)cc1)C(C)N. The Hall–Kier alpha value is -0.380. The highest BCUT2D eigenvalue weighted by Crippen LogP contribution is 2.25. The Morgan fingerprint density at radius 1 is 1.24 bits per heavy atom. The van der Waals surface area contributed by atoms with Gasteiger partial charge in [-0.3, -0.25) is 4.90 Å². The summed E-state index contributed by atoms with van der Waals surface area (Å²) in [4.78, 5) is 2.45. The average molecular weight is 299 g/mol. The Balaban J connectivity index is 2.95. The third-order valence-electron chi connectivity index (χ3n) is 3.02. The van der Waals surface area contributed by atoms with E-state index in [1.807, 2.05) is 0 Å². The summed E-state index contributed by atoms with van der Waals surface area (Å²) < 4.78 is 1.11. The Labute approximate surface area is 113 Å². The summed E-state index contributed by atoms with van der Waals surface area (Å²) in [5, 5.41) is 0. The molecule has 0 amide bonds.